The minimum atomic E-state index is -0.470. The van der Waals surface area contributed by atoms with Gasteiger partial charge < -0.3 is 9.47 Å². The van der Waals surface area contributed by atoms with Crippen LogP contribution in [0.25, 0.3) is 10.8 Å². The Labute approximate surface area is 205 Å². The average molecular weight is 517 g/mol. The number of hydrazone groups is 1. The molecule has 170 valence electrons. The van der Waals surface area contributed by atoms with Gasteiger partial charge in [-0.15, -0.1) is 0 Å². The van der Waals surface area contributed by atoms with Gasteiger partial charge in [0, 0.05) is 15.4 Å². The molecule has 0 aliphatic heterocycles. The molecule has 4 aromatic carbocycles. The number of hydrogen-bond donors (Lipinski definition) is 1. The minimum Gasteiger partial charge on any atom is -0.483 e. The van der Waals surface area contributed by atoms with Gasteiger partial charge in [-0.05, 0) is 48.2 Å². The molecule has 0 radical (unpaired) electrons. The largest absolute Gasteiger partial charge is 0.483 e. The van der Waals surface area contributed by atoms with Crippen molar-refractivity contribution in [2.24, 2.45) is 5.10 Å². The molecule has 7 heteroatoms. The van der Waals surface area contributed by atoms with E-state index in [9.17, 15) is 9.59 Å². The zero-order valence-corrected chi connectivity index (χ0v) is 19.9. The second-order valence-corrected chi connectivity index (χ2v) is 8.36. The molecule has 4 aromatic rings. The summed E-state index contributed by atoms with van der Waals surface area (Å²) in [6.45, 7) is 1.65. The van der Waals surface area contributed by atoms with Crippen molar-refractivity contribution in [3.63, 3.8) is 0 Å². The summed E-state index contributed by atoms with van der Waals surface area (Å²) < 4.78 is 12.0. The van der Waals surface area contributed by atoms with Crippen molar-refractivity contribution in [2.75, 3.05) is 6.61 Å². The summed E-state index contributed by atoms with van der Waals surface area (Å²) in [6, 6.07) is 25.8. The van der Waals surface area contributed by atoms with Crippen LogP contribution in [0.4, 0.5) is 0 Å². The average Bonchev–Trinajstić information content (AvgIpc) is 2.84. The number of ether oxygens (including phenoxy) is 2. The number of esters is 1. The van der Waals surface area contributed by atoms with Gasteiger partial charge in [0.25, 0.3) is 5.91 Å². The van der Waals surface area contributed by atoms with Crippen molar-refractivity contribution in [1.29, 1.82) is 0 Å². The fraction of sp³-hybridized carbons (Fsp3) is 0.0741. The minimum absolute atomic E-state index is 0.195. The third-order valence-electron chi connectivity index (χ3n) is 5.04. The first-order valence-electron chi connectivity index (χ1n) is 10.5. The van der Waals surface area contributed by atoms with Crippen LogP contribution in [-0.4, -0.2) is 24.7 Å². The Balaban J connectivity index is 1.40. The molecular weight excluding hydrogens is 496 g/mol. The first-order valence-corrected chi connectivity index (χ1v) is 11.3. The first kappa shape index (κ1) is 23.2. The molecule has 0 bridgehead atoms. The van der Waals surface area contributed by atoms with Gasteiger partial charge in [-0.25, -0.2) is 10.2 Å². The highest BCUT2D eigenvalue weighted by Gasteiger charge is 2.13. The molecule has 0 saturated heterocycles. The van der Waals surface area contributed by atoms with Gasteiger partial charge in [-0.1, -0.05) is 70.5 Å². The van der Waals surface area contributed by atoms with E-state index in [0.29, 0.717) is 22.6 Å². The maximum absolute atomic E-state index is 12.6. The number of hydrogen-bond acceptors (Lipinski definition) is 5. The van der Waals surface area contributed by atoms with Crippen LogP contribution in [0.5, 0.6) is 11.5 Å². The van der Waals surface area contributed by atoms with Crippen LogP contribution < -0.4 is 14.9 Å². The number of halogens is 1. The molecule has 0 heterocycles. The van der Waals surface area contributed by atoms with E-state index >= 15 is 0 Å². The van der Waals surface area contributed by atoms with Crippen LogP contribution in [-0.2, 0) is 4.79 Å². The fourth-order valence-electron chi connectivity index (χ4n) is 3.34. The van der Waals surface area contributed by atoms with Crippen LogP contribution >= 0.6 is 15.9 Å². The maximum Gasteiger partial charge on any atom is 0.343 e. The summed E-state index contributed by atoms with van der Waals surface area (Å²) in [4.78, 5) is 24.9. The summed E-state index contributed by atoms with van der Waals surface area (Å²) >= 11 is 3.40. The topological polar surface area (TPSA) is 77.0 Å². The van der Waals surface area contributed by atoms with E-state index in [1.54, 1.807) is 30.3 Å². The molecule has 1 amide bonds. The molecule has 4 rings (SSSR count). The normalized spacial score (nSPS) is 10.9. The number of carbonyl (C=O) groups is 2. The number of nitrogens with zero attached hydrogens (tertiary/aromatic N) is 1. The van der Waals surface area contributed by atoms with Gasteiger partial charge in [0.2, 0.25) is 0 Å². The summed E-state index contributed by atoms with van der Waals surface area (Å²) in [6.07, 6.45) is 1.42. The fourth-order valence-corrected chi connectivity index (χ4v) is 3.72. The molecule has 0 aliphatic carbocycles. The number of amides is 1. The van der Waals surface area contributed by atoms with E-state index in [1.807, 2.05) is 61.5 Å². The van der Waals surface area contributed by atoms with E-state index in [2.05, 4.69) is 26.5 Å². The quantitative estimate of drug-likeness (QED) is 0.149. The second kappa shape index (κ2) is 10.8. The Hall–Kier alpha value is -3.97. The molecule has 0 saturated carbocycles. The predicted octanol–water partition coefficient (Wildman–Crippen LogP) is 5.66. The van der Waals surface area contributed by atoms with Crippen LogP contribution in [0, 0.1) is 6.92 Å². The highest BCUT2D eigenvalue weighted by molar-refractivity contribution is 9.10. The SMILES string of the molecule is Cc1ccccc1C(=O)Oc1ccc(Br)cc1/C=N/NC(=O)COc1cccc2ccccc12. The number of benzene rings is 4. The molecular formula is C27H21BrN2O4. The molecule has 0 atom stereocenters. The number of carbonyl (C=O) groups excluding carboxylic acids is 2. The molecule has 6 nitrogen and oxygen atoms in total. The van der Waals surface area contributed by atoms with Crippen molar-refractivity contribution >= 4 is 44.8 Å². The van der Waals surface area contributed by atoms with E-state index < -0.39 is 11.9 Å². The Morgan fingerprint density at radius 1 is 0.941 bits per heavy atom. The Morgan fingerprint density at radius 2 is 1.71 bits per heavy atom. The highest BCUT2D eigenvalue weighted by atomic mass is 79.9. The number of rotatable bonds is 7. The van der Waals surface area contributed by atoms with Gasteiger partial charge in [0.1, 0.15) is 11.5 Å². The van der Waals surface area contributed by atoms with Gasteiger partial charge in [-0.2, -0.15) is 5.10 Å². The van der Waals surface area contributed by atoms with Crippen molar-refractivity contribution < 1.29 is 19.1 Å². The van der Waals surface area contributed by atoms with Crippen molar-refractivity contribution in [2.45, 2.75) is 6.92 Å². The molecule has 0 fully saturated rings. The van der Waals surface area contributed by atoms with Crippen molar-refractivity contribution in [3.8, 4) is 11.5 Å². The smallest absolute Gasteiger partial charge is 0.343 e. The monoisotopic (exact) mass is 516 g/mol. The summed E-state index contributed by atoms with van der Waals surface area (Å²) in [5.41, 5.74) is 4.26. The zero-order valence-electron chi connectivity index (χ0n) is 18.3. The molecule has 0 aliphatic rings. The molecule has 0 unspecified atom stereocenters. The van der Waals surface area contributed by atoms with Crippen molar-refractivity contribution in [1.82, 2.24) is 5.43 Å². The second-order valence-electron chi connectivity index (χ2n) is 7.45. The van der Waals surface area contributed by atoms with Crippen LogP contribution in [0.3, 0.4) is 0 Å². The third-order valence-corrected chi connectivity index (χ3v) is 5.53. The van der Waals surface area contributed by atoms with Crippen LogP contribution in [0.1, 0.15) is 21.5 Å². The van der Waals surface area contributed by atoms with E-state index in [4.69, 9.17) is 9.47 Å². The zero-order chi connectivity index (χ0) is 23.9. The van der Waals surface area contributed by atoms with E-state index in [1.165, 1.54) is 6.21 Å². The lowest BCUT2D eigenvalue weighted by molar-refractivity contribution is -0.123. The molecule has 0 spiro atoms. The Kier molecular flexibility index (Phi) is 7.34. The first-order chi connectivity index (χ1) is 16.5. The van der Waals surface area contributed by atoms with E-state index in [0.717, 1.165) is 20.8 Å². The lowest BCUT2D eigenvalue weighted by Crippen LogP contribution is -2.24. The van der Waals surface area contributed by atoms with Gasteiger partial charge in [0.15, 0.2) is 6.61 Å². The highest BCUT2D eigenvalue weighted by Crippen LogP contribution is 2.25. The summed E-state index contributed by atoms with van der Waals surface area (Å²) in [5, 5.41) is 5.95. The molecule has 34 heavy (non-hydrogen) atoms. The third kappa shape index (κ3) is 5.68. The molecule has 0 aromatic heterocycles. The summed E-state index contributed by atoms with van der Waals surface area (Å²) in [7, 11) is 0. The van der Waals surface area contributed by atoms with Gasteiger partial charge >= 0.3 is 5.97 Å². The Morgan fingerprint density at radius 3 is 2.56 bits per heavy atom. The summed E-state index contributed by atoms with van der Waals surface area (Å²) in [5.74, 6) is 0.0521. The van der Waals surface area contributed by atoms with Gasteiger partial charge in [0.05, 0.1) is 11.8 Å². The van der Waals surface area contributed by atoms with Gasteiger partial charge in [-0.3, -0.25) is 4.79 Å². The number of aryl methyl sites for hydroxylation is 1. The molecule has 1 N–H and O–H groups in total. The maximum atomic E-state index is 12.6. The Bertz CT molecular complexity index is 1380. The van der Waals surface area contributed by atoms with Crippen LogP contribution in [0.15, 0.2) is 94.5 Å². The lowest BCUT2D eigenvalue weighted by Gasteiger charge is -2.10. The van der Waals surface area contributed by atoms with E-state index in [-0.39, 0.29) is 6.61 Å². The lowest BCUT2D eigenvalue weighted by atomic mass is 10.1. The number of nitrogens with one attached hydrogen (secondary N) is 1. The predicted molar refractivity (Wildman–Crippen MR) is 135 cm³/mol. The number of fused-ring (bicyclic) bond motifs is 1. The van der Waals surface area contributed by atoms with Crippen LogP contribution in [0.2, 0.25) is 0 Å². The van der Waals surface area contributed by atoms with Crippen molar-refractivity contribution in [3.05, 3.63) is 106 Å². The standard InChI is InChI=1S/C27H21BrN2O4/c1-18-7-2-4-10-22(18)27(32)34-24-14-13-21(28)15-20(24)16-29-30-26(31)17-33-25-12-6-9-19-8-3-5-11-23(19)25/h2-16H,17H2,1H3,(H,30,31)/b29-16+.